The third-order valence-corrected chi connectivity index (χ3v) is 4.50. The van der Waals surface area contributed by atoms with Gasteiger partial charge in [-0.3, -0.25) is 9.78 Å². The van der Waals surface area contributed by atoms with Crippen molar-refractivity contribution in [1.29, 1.82) is 0 Å². The number of aromatic nitrogens is 2. The van der Waals surface area contributed by atoms with Gasteiger partial charge in [-0.2, -0.15) is 0 Å². The number of amides is 1. The van der Waals surface area contributed by atoms with Gasteiger partial charge in [-0.1, -0.05) is 29.8 Å². The lowest BCUT2D eigenvalue weighted by Gasteiger charge is -2.29. The molecule has 24 heavy (non-hydrogen) atoms. The average molecular weight is 324 g/mol. The van der Waals surface area contributed by atoms with Crippen LogP contribution in [-0.4, -0.2) is 40.9 Å². The molecule has 0 aliphatic carbocycles. The molecule has 0 spiro atoms. The van der Waals surface area contributed by atoms with E-state index in [0.29, 0.717) is 18.2 Å². The fourth-order valence-corrected chi connectivity index (χ4v) is 3.07. The van der Waals surface area contributed by atoms with E-state index in [1.807, 2.05) is 31.2 Å². The van der Waals surface area contributed by atoms with E-state index in [1.165, 1.54) is 5.56 Å². The summed E-state index contributed by atoms with van der Waals surface area (Å²) in [5.41, 5.74) is 3.60. The molecule has 1 aliphatic rings. The summed E-state index contributed by atoms with van der Waals surface area (Å²) in [6.45, 7) is 4.65. The second kappa shape index (κ2) is 7.53. The predicted octanol–water partition coefficient (Wildman–Crippen LogP) is 2.52. The van der Waals surface area contributed by atoms with Gasteiger partial charge < -0.3 is 10.2 Å². The number of hydrogen-bond acceptors (Lipinski definition) is 4. The molecule has 2 heterocycles. The quantitative estimate of drug-likeness (QED) is 0.939. The topological polar surface area (TPSA) is 58.1 Å². The van der Waals surface area contributed by atoms with Gasteiger partial charge in [0.25, 0.3) is 5.91 Å². The second-order valence-electron chi connectivity index (χ2n) is 6.60. The van der Waals surface area contributed by atoms with E-state index in [-0.39, 0.29) is 5.91 Å². The molecule has 5 heteroatoms. The summed E-state index contributed by atoms with van der Waals surface area (Å²) in [6.07, 6.45) is 5.60. The highest BCUT2D eigenvalue weighted by Gasteiger charge is 2.21. The number of rotatable bonds is 4. The molecule has 5 nitrogen and oxygen atoms in total. The van der Waals surface area contributed by atoms with Crippen molar-refractivity contribution in [1.82, 2.24) is 20.2 Å². The van der Waals surface area contributed by atoms with E-state index in [2.05, 4.69) is 27.2 Å². The number of aryl methyl sites for hydroxylation is 1. The molecule has 126 valence electrons. The number of piperidine rings is 1. The molecule has 1 amide bonds. The summed E-state index contributed by atoms with van der Waals surface area (Å²) in [5, 5.41) is 2.92. The van der Waals surface area contributed by atoms with E-state index in [1.54, 1.807) is 12.4 Å². The monoisotopic (exact) mass is 324 g/mol. The molecule has 1 atom stereocenters. The maximum absolute atomic E-state index is 12.4. The second-order valence-corrected chi connectivity index (χ2v) is 6.60. The molecule has 0 unspecified atom stereocenters. The Morgan fingerprint density at radius 2 is 2.08 bits per heavy atom. The van der Waals surface area contributed by atoms with Crippen LogP contribution in [0.25, 0.3) is 0 Å². The zero-order valence-corrected chi connectivity index (χ0v) is 14.3. The van der Waals surface area contributed by atoms with Crippen molar-refractivity contribution in [3.05, 3.63) is 59.2 Å². The Bertz CT molecular complexity index is 699. The first-order valence-electron chi connectivity index (χ1n) is 8.46. The van der Waals surface area contributed by atoms with Crippen molar-refractivity contribution in [3.63, 3.8) is 0 Å². The van der Waals surface area contributed by atoms with Gasteiger partial charge in [-0.15, -0.1) is 0 Å². The van der Waals surface area contributed by atoms with Crippen molar-refractivity contribution in [2.24, 2.45) is 0 Å². The van der Waals surface area contributed by atoms with Crippen LogP contribution in [0.1, 0.15) is 46.1 Å². The molecule has 1 N–H and O–H groups in total. The van der Waals surface area contributed by atoms with Gasteiger partial charge in [0.2, 0.25) is 0 Å². The Hall–Kier alpha value is -2.27. The molecule has 1 aromatic heterocycles. The molecule has 1 saturated heterocycles. The maximum atomic E-state index is 12.4. The molecular formula is C19H24N4O. The van der Waals surface area contributed by atoms with Crippen LogP contribution >= 0.6 is 0 Å². The lowest BCUT2D eigenvalue weighted by Crippen LogP contribution is -2.32. The third kappa shape index (κ3) is 4.17. The minimum atomic E-state index is -0.172. The fourth-order valence-electron chi connectivity index (χ4n) is 3.07. The number of nitrogens with zero attached hydrogens (tertiary/aromatic N) is 3. The Balaban J connectivity index is 1.64. The number of hydrogen-bond donors (Lipinski definition) is 1. The van der Waals surface area contributed by atoms with Gasteiger partial charge in [-0.05, 0) is 38.9 Å². The van der Waals surface area contributed by atoms with E-state index in [0.717, 1.165) is 37.2 Å². The maximum Gasteiger partial charge on any atom is 0.271 e. The SMILES string of the molecule is Cc1ccc(CNC(=O)c2cncc([C@H]3CCCN(C)C3)n2)cc1. The first-order valence-corrected chi connectivity index (χ1v) is 8.46. The number of likely N-dealkylation sites (tertiary alicyclic amines) is 1. The highest BCUT2D eigenvalue weighted by atomic mass is 16.1. The molecule has 0 saturated carbocycles. The van der Waals surface area contributed by atoms with Crippen LogP contribution in [0.15, 0.2) is 36.7 Å². The van der Waals surface area contributed by atoms with Gasteiger partial charge in [0, 0.05) is 25.2 Å². The minimum absolute atomic E-state index is 0.172. The Kier molecular flexibility index (Phi) is 5.20. The van der Waals surface area contributed by atoms with E-state index in [4.69, 9.17) is 0 Å². The van der Waals surface area contributed by atoms with Crippen molar-refractivity contribution >= 4 is 5.91 Å². The summed E-state index contributed by atoms with van der Waals surface area (Å²) in [5.74, 6) is 0.190. The molecule has 0 radical (unpaired) electrons. The highest BCUT2D eigenvalue weighted by Crippen LogP contribution is 2.24. The fraction of sp³-hybridized carbons (Fsp3) is 0.421. The number of carbonyl (C=O) groups is 1. The predicted molar refractivity (Wildman–Crippen MR) is 93.9 cm³/mol. The Morgan fingerprint density at radius 3 is 2.83 bits per heavy atom. The van der Waals surface area contributed by atoms with Crippen LogP contribution in [0.2, 0.25) is 0 Å². The van der Waals surface area contributed by atoms with E-state index < -0.39 is 0 Å². The summed E-state index contributed by atoms with van der Waals surface area (Å²) < 4.78 is 0. The van der Waals surface area contributed by atoms with Gasteiger partial charge in [0.05, 0.1) is 11.9 Å². The first kappa shape index (κ1) is 16.6. The van der Waals surface area contributed by atoms with Crippen molar-refractivity contribution < 1.29 is 4.79 Å². The van der Waals surface area contributed by atoms with Gasteiger partial charge in [-0.25, -0.2) is 4.98 Å². The van der Waals surface area contributed by atoms with Crippen molar-refractivity contribution in [2.45, 2.75) is 32.2 Å². The smallest absolute Gasteiger partial charge is 0.271 e. The molecule has 2 aromatic rings. The zero-order chi connectivity index (χ0) is 16.9. The molecule has 1 aliphatic heterocycles. The summed E-state index contributed by atoms with van der Waals surface area (Å²) >= 11 is 0. The summed E-state index contributed by atoms with van der Waals surface area (Å²) in [7, 11) is 2.12. The molecular weight excluding hydrogens is 300 g/mol. The summed E-state index contributed by atoms with van der Waals surface area (Å²) in [6, 6.07) is 8.13. The molecule has 1 fully saturated rings. The lowest BCUT2D eigenvalue weighted by molar-refractivity contribution is 0.0945. The number of benzene rings is 1. The molecule has 1 aromatic carbocycles. The Morgan fingerprint density at radius 1 is 1.29 bits per heavy atom. The van der Waals surface area contributed by atoms with E-state index in [9.17, 15) is 4.79 Å². The van der Waals surface area contributed by atoms with Crippen LogP contribution in [-0.2, 0) is 6.54 Å². The van der Waals surface area contributed by atoms with Crippen LogP contribution in [0, 0.1) is 6.92 Å². The standard InChI is InChI=1S/C19H24N4O/c1-14-5-7-15(8-6-14)10-21-19(24)18-12-20-11-17(22-18)16-4-3-9-23(2)13-16/h5-8,11-12,16H,3-4,9-10,13H2,1-2H3,(H,21,24)/t16-/m0/s1. The van der Waals surface area contributed by atoms with Gasteiger partial charge >= 0.3 is 0 Å². The lowest BCUT2D eigenvalue weighted by atomic mass is 9.95. The van der Waals surface area contributed by atoms with Crippen molar-refractivity contribution in [2.75, 3.05) is 20.1 Å². The largest absolute Gasteiger partial charge is 0.347 e. The van der Waals surface area contributed by atoms with Crippen LogP contribution in [0.4, 0.5) is 0 Å². The number of carbonyl (C=O) groups excluding carboxylic acids is 1. The molecule has 0 bridgehead atoms. The van der Waals surface area contributed by atoms with Gasteiger partial charge in [0.1, 0.15) is 5.69 Å². The minimum Gasteiger partial charge on any atom is -0.347 e. The van der Waals surface area contributed by atoms with E-state index >= 15 is 0 Å². The average Bonchev–Trinajstić information content (AvgIpc) is 2.61. The number of nitrogens with one attached hydrogen (secondary N) is 1. The third-order valence-electron chi connectivity index (χ3n) is 4.50. The van der Waals surface area contributed by atoms with Crippen LogP contribution < -0.4 is 5.32 Å². The normalized spacial score (nSPS) is 18.3. The summed E-state index contributed by atoms with van der Waals surface area (Å²) in [4.78, 5) is 23.5. The molecule has 3 rings (SSSR count). The first-order chi connectivity index (χ1) is 11.6. The van der Waals surface area contributed by atoms with Crippen molar-refractivity contribution in [3.8, 4) is 0 Å². The number of likely N-dealkylation sites (N-methyl/N-ethyl adjacent to an activating group) is 1. The Labute approximate surface area is 143 Å². The zero-order valence-electron chi connectivity index (χ0n) is 14.3. The van der Waals surface area contributed by atoms with Crippen LogP contribution in [0.5, 0.6) is 0 Å². The van der Waals surface area contributed by atoms with Gasteiger partial charge in [0.15, 0.2) is 0 Å². The van der Waals surface area contributed by atoms with Crippen LogP contribution in [0.3, 0.4) is 0 Å². The highest BCUT2D eigenvalue weighted by molar-refractivity contribution is 5.91.